The second-order valence-electron chi connectivity index (χ2n) is 3.71. The van der Waals surface area contributed by atoms with E-state index in [2.05, 4.69) is 48.3 Å². The summed E-state index contributed by atoms with van der Waals surface area (Å²) in [5.74, 6) is 0.789. The van der Waals surface area contributed by atoms with Crippen molar-refractivity contribution >= 4 is 43.2 Å². The largest absolute Gasteiger partial charge is 0.493 e. The van der Waals surface area contributed by atoms with E-state index < -0.39 is 0 Å². The highest BCUT2D eigenvalue weighted by molar-refractivity contribution is 9.13. The molecule has 0 aliphatic carbocycles. The first-order valence-electron chi connectivity index (χ1n) is 5.26. The number of rotatable bonds is 4. The summed E-state index contributed by atoms with van der Waals surface area (Å²) in [6.07, 6.45) is 1.73. The number of hydrogen-bond acceptors (Lipinski definition) is 4. The molecule has 0 fully saturated rings. The van der Waals surface area contributed by atoms with E-state index >= 15 is 0 Å². The summed E-state index contributed by atoms with van der Waals surface area (Å²) >= 11 is 8.72. The van der Waals surface area contributed by atoms with Gasteiger partial charge in [-0.25, -0.2) is 0 Å². The van der Waals surface area contributed by atoms with Crippen molar-refractivity contribution in [3.63, 3.8) is 0 Å². The Hall–Kier alpha value is -0.370. The van der Waals surface area contributed by atoms with E-state index in [1.165, 1.54) is 4.88 Å². The SMILES string of the molecule is CNC(c1cc(Br)c(Br)s1)c1c(OC)cnn1C. The molecule has 1 unspecified atom stereocenters. The molecule has 2 aromatic rings. The molecule has 0 saturated heterocycles. The van der Waals surface area contributed by atoms with Crippen molar-refractivity contribution in [1.82, 2.24) is 15.1 Å². The second-order valence-corrected chi connectivity index (χ2v) is 6.97. The van der Waals surface area contributed by atoms with Gasteiger partial charge in [0.05, 0.1) is 23.1 Å². The van der Waals surface area contributed by atoms with Crippen LogP contribution in [0.5, 0.6) is 5.75 Å². The summed E-state index contributed by atoms with van der Waals surface area (Å²) in [6, 6.07) is 2.16. The van der Waals surface area contributed by atoms with E-state index in [9.17, 15) is 0 Å². The first-order valence-corrected chi connectivity index (χ1v) is 7.66. The molecule has 2 aromatic heterocycles. The Morgan fingerprint density at radius 2 is 2.22 bits per heavy atom. The van der Waals surface area contributed by atoms with Gasteiger partial charge in [0, 0.05) is 16.4 Å². The van der Waals surface area contributed by atoms with Gasteiger partial charge in [0.1, 0.15) is 5.69 Å². The van der Waals surface area contributed by atoms with Gasteiger partial charge in [0.2, 0.25) is 0 Å². The fourth-order valence-corrected chi connectivity index (χ4v) is 4.04. The van der Waals surface area contributed by atoms with Gasteiger partial charge in [-0.15, -0.1) is 11.3 Å². The molecule has 0 amide bonds. The van der Waals surface area contributed by atoms with Crippen LogP contribution in [-0.4, -0.2) is 23.9 Å². The lowest BCUT2D eigenvalue weighted by atomic mass is 10.1. The fraction of sp³-hybridized carbons (Fsp3) is 0.364. The van der Waals surface area contributed by atoms with Crippen LogP contribution in [0.25, 0.3) is 0 Å². The van der Waals surface area contributed by atoms with E-state index in [1.807, 2.05) is 18.8 Å². The lowest BCUT2D eigenvalue weighted by Gasteiger charge is -2.16. The number of ether oxygens (including phenoxy) is 1. The molecule has 0 aromatic carbocycles. The Bertz CT molecular complexity index is 533. The maximum atomic E-state index is 5.37. The van der Waals surface area contributed by atoms with Crippen molar-refractivity contribution in [3.05, 3.63) is 31.1 Å². The van der Waals surface area contributed by atoms with Gasteiger partial charge in [-0.2, -0.15) is 5.10 Å². The summed E-state index contributed by atoms with van der Waals surface area (Å²) in [7, 11) is 5.51. The Kier molecular flexibility index (Phi) is 4.47. The topological polar surface area (TPSA) is 39.1 Å². The molecular formula is C11H13Br2N3OS. The molecule has 0 bridgehead atoms. The van der Waals surface area contributed by atoms with Gasteiger partial charge in [-0.1, -0.05) is 0 Å². The zero-order valence-electron chi connectivity index (χ0n) is 10.2. The van der Waals surface area contributed by atoms with Crippen LogP contribution >= 0.6 is 43.2 Å². The molecule has 18 heavy (non-hydrogen) atoms. The number of aromatic nitrogens is 2. The number of thiophene rings is 1. The third-order valence-corrected chi connectivity index (χ3v) is 6.00. The van der Waals surface area contributed by atoms with Crippen molar-refractivity contribution in [2.45, 2.75) is 6.04 Å². The van der Waals surface area contributed by atoms with Crippen molar-refractivity contribution in [1.29, 1.82) is 0 Å². The zero-order valence-corrected chi connectivity index (χ0v) is 14.2. The molecule has 0 aliphatic rings. The smallest absolute Gasteiger partial charge is 0.161 e. The van der Waals surface area contributed by atoms with Crippen LogP contribution in [0.3, 0.4) is 0 Å². The Labute approximate surface area is 127 Å². The van der Waals surface area contributed by atoms with E-state index in [-0.39, 0.29) is 6.04 Å². The van der Waals surface area contributed by atoms with Crippen molar-refractivity contribution in [3.8, 4) is 5.75 Å². The maximum Gasteiger partial charge on any atom is 0.161 e. The van der Waals surface area contributed by atoms with E-state index in [4.69, 9.17) is 4.74 Å². The van der Waals surface area contributed by atoms with Crippen molar-refractivity contribution < 1.29 is 4.74 Å². The van der Waals surface area contributed by atoms with Crippen LogP contribution in [0.4, 0.5) is 0 Å². The standard InChI is InChI=1S/C11H13Br2N3OS/c1-14-9(8-4-6(12)11(13)18-8)10-7(17-3)5-15-16(10)2/h4-5,9,14H,1-3H3. The van der Waals surface area contributed by atoms with Gasteiger partial charge < -0.3 is 10.1 Å². The average molecular weight is 395 g/mol. The molecule has 0 radical (unpaired) electrons. The van der Waals surface area contributed by atoms with Gasteiger partial charge in [0.25, 0.3) is 0 Å². The van der Waals surface area contributed by atoms with Crippen molar-refractivity contribution in [2.24, 2.45) is 7.05 Å². The zero-order chi connectivity index (χ0) is 13.3. The van der Waals surface area contributed by atoms with E-state index in [1.54, 1.807) is 24.6 Å². The highest BCUT2D eigenvalue weighted by atomic mass is 79.9. The van der Waals surface area contributed by atoms with E-state index in [0.717, 1.165) is 19.7 Å². The number of aryl methyl sites for hydroxylation is 1. The number of halogens is 2. The first-order chi connectivity index (χ1) is 8.58. The Morgan fingerprint density at radius 3 is 2.72 bits per heavy atom. The molecule has 2 heterocycles. The quantitative estimate of drug-likeness (QED) is 0.864. The number of methoxy groups -OCH3 is 1. The molecule has 2 rings (SSSR count). The minimum atomic E-state index is 0.0556. The van der Waals surface area contributed by atoms with Crippen LogP contribution in [0.15, 0.2) is 20.5 Å². The molecule has 1 atom stereocenters. The summed E-state index contributed by atoms with van der Waals surface area (Å²) in [6.45, 7) is 0. The minimum absolute atomic E-state index is 0.0556. The highest BCUT2D eigenvalue weighted by Crippen LogP contribution is 2.39. The predicted molar refractivity (Wildman–Crippen MR) is 80.4 cm³/mol. The van der Waals surface area contributed by atoms with E-state index in [0.29, 0.717) is 0 Å². The van der Waals surface area contributed by atoms with Crippen LogP contribution < -0.4 is 10.1 Å². The van der Waals surface area contributed by atoms with Crippen LogP contribution in [0, 0.1) is 0 Å². The van der Waals surface area contributed by atoms with Gasteiger partial charge in [-0.3, -0.25) is 4.68 Å². The molecule has 1 N–H and O–H groups in total. The minimum Gasteiger partial charge on any atom is -0.493 e. The second kappa shape index (κ2) is 5.73. The third-order valence-electron chi connectivity index (χ3n) is 2.68. The molecule has 0 spiro atoms. The van der Waals surface area contributed by atoms with Gasteiger partial charge in [-0.05, 0) is 45.0 Å². The molecule has 4 nitrogen and oxygen atoms in total. The Morgan fingerprint density at radius 1 is 1.50 bits per heavy atom. The summed E-state index contributed by atoms with van der Waals surface area (Å²) in [5, 5.41) is 7.55. The number of hydrogen-bond donors (Lipinski definition) is 1. The molecule has 0 saturated carbocycles. The number of nitrogens with one attached hydrogen (secondary N) is 1. The monoisotopic (exact) mass is 393 g/mol. The highest BCUT2D eigenvalue weighted by Gasteiger charge is 2.23. The molecular weight excluding hydrogens is 382 g/mol. The van der Waals surface area contributed by atoms with Crippen LogP contribution in [-0.2, 0) is 7.05 Å². The average Bonchev–Trinajstić information content (AvgIpc) is 2.86. The fourth-order valence-electron chi connectivity index (χ4n) is 1.83. The lowest BCUT2D eigenvalue weighted by molar-refractivity contribution is 0.403. The molecule has 98 valence electrons. The maximum absolute atomic E-state index is 5.37. The first kappa shape index (κ1) is 14.0. The molecule has 7 heteroatoms. The lowest BCUT2D eigenvalue weighted by Crippen LogP contribution is -2.20. The normalized spacial score (nSPS) is 12.7. The van der Waals surface area contributed by atoms with Gasteiger partial charge >= 0.3 is 0 Å². The number of nitrogens with zero attached hydrogens (tertiary/aromatic N) is 2. The predicted octanol–water partition coefficient (Wildman–Crippen LogP) is 3.32. The summed E-state index contributed by atoms with van der Waals surface area (Å²) < 4.78 is 9.34. The van der Waals surface area contributed by atoms with Crippen molar-refractivity contribution in [2.75, 3.05) is 14.2 Å². The summed E-state index contributed by atoms with van der Waals surface area (Å²) in [5.41, 5.74) is 1.02. The van der Waals surface area contributed by atoms with Gasteiger partial charge in [0.15, 0.2) is 5.75 Å². The third kappa shape index (κ3) is 2.49. The van der Waals surface area contributed by atoms with Crippen LogP contribution in [0.1, 0.15) is 16.6 Å². The molecule has 0 aliphatic heterocycles. The van der Waals surface area contributed by atoms with Crippen LogP contribution in [0.2, 0.25) is 0 Å². The summed E-state index contributed by atoms with van der Waals surface area (Å²) in [4.78, 5) is 1.19. The Balaban J connectivity index is 2.47.